The molecule has 0 saturated carbocycles. The SMILES string of the molecule is CNCCOC(=O)Nc1ccc(C)cc1. The Morgan fingerprint density at radius 3 is 2.60 bits per heavy atom. The maximum Gasteiger partial charge on any atom is 0.411 e. The van der Waals surface area contributed by atoms with Crippen molar-refractivity contribution in [2.24, 2.45) is 0 Å². The van der Waals surface area contributed by atoms with E-state index in [4.69, 9.17) is 4.74 Å². The fourth-order valence-electron chi connectivity index (χ4n) is 1.04. The second kappa shape index (κ2) is 6.03. The Hall–Kier alpha value is -1.55. The summed E-state index contributed by atoms with van der Waals surface area (Å²) in [6.07, 6.45) is -0.422. The molecule has 2 N–H and O–H groups in total. The number of likely N-dealkylation sites (N-methyl/N-ethyl adjacent to an activating group) is 1. The number of nitrogens with one attached hydrogen (secondary N) is 2. The maximum atomic E-state index is 11.2. The average Bonchev–Trinajstić information content (AvgIpc) is 2.22. The Labute approximate surface area is 89.6 Å². The van der Waals surface area contributed by atoms with Gasteiger partial charge in [-0.3, -0.25) is 5.32 Å². The topological polar surface area (TPSA) is 50.4 Å². The molecule has 0 radical (unpaired) electrons. The van der Waals surface area contributed by atoms with E-state index < -0.39 is 6.09 Å². The maximum absolute atomic E-state index is 11.2. The first-order chi connectivity index (χ1) is 7.22. The normalized spacial score (nSPS) is 9.73. The summed E-state index contributed by atoms with van der Waals surface area (Å²) >= 11 is 0. The van der Waals surface area contributed by atoms with Crippen LogP contribution in [0.15, 0.2) is 24.3 Å². The van der Waals surface area contributed by atoms with Gasteiger partial charge < -0.3 is 10.1 Å². The molecule has 0 aromatic heterocycles. The van der Waals surface area contributed by atoms with Gasteiger partial charge in [0.25, 0.3) is 0 Å². The summed E-state index contributed by atoms with van der Waals surface area (Å²) in [5, 5.41) is 5.53. The number of carbonyl (C=O) groups excluding carboxylic acids is 1. The number of benzene rings is 1. The minimum Gasteiger partial charge on any atom is -0.448 e. The molecule has 0 atom stereocenters. The molecule has 4 nitrogen and oxygen atoms in total. The van der Waals surface area contributed by atoms with E-state index in [1.807, 2.05) is 31.2 Å². The van der Waals surface area contributed by atoms with Crippen LogP contribution in [0.3, 0.4) is 0 Å². The number of hydrogen-bond donors (Lipinski definition) is 2. The van der Waals surface area contributed by atoms with Gasteiger partial charge in [-0.1, -0.05) is 17.7 Å². The van der Waals surface area contributed by atoms with Crippen molar-refractivity contribution in [1.82, 2.24) is 5.32 Å². The predicted molar refractivity (Wildman–Crippen MR) is 60.1 cm³/mol. The van der Waals surface area contributed by atoms with Crippen molar-refractivity contribution in [2.45, 2.75) is 6.92 Å². The van der Waals surface area contributed by atoms with E-state index in [-0.39, 0.29) is 0 Å². The molecule has 0 bridgehead atoms. The molecule has 15 heavy (non-hydrogen) atoms. The lowest BCUT2D eigenvalue weighted by molar-refractivity contribution is 0.163. The average molecular weight is 208 g/mol. The summed E-state index contributed by atoms with van der Waals surface area (Å²) in [6, 6.07) is 7.55. The lowest BCUT2D eigenvalue weighted by Crippen LogP contribution is -2.20. The van der Waals surface area contributed by atoms with Crippen LogP contribution in [0.1, 0.15) is 5.56 Å². The van der Waals surface area contributed by atoms with Gasteiger partial charge in [-0.2, -0.15) is 0 Å². The number of carbonyl (C=O) groups is 1. The Morgan fingerprint density at radius 2 is 2.00 bits per heavy atom. The summed E-state index contributed by atoms with van der Waals surface area (Å²) in [5.74, 6) is 0. The van der Waals surface area contributed by atoms with E-state index in [0.717, 1.165) is 11.3 Å². The van der Waals surface area contributed by atoms with E-state index in [2.05, 4.69) is 10.6 Å². The molecule has 0 unspecified atom stereocenters. The quantitative estimate of drug-likeness (QED) is 0.741. The van der Waals surface area contributed by atoms with Crippen molar-refractivity contribution >= 4 is 11.8 Å². The number of anilines is 1. The van der Waals surface area contributed by atoms with Crippen molar-refractivity contribution in [2.75, 3.05) is 25.5 Å². The highest BCUT2D eigenvalue weighted by atomic mass is 16.5. The Kier molecular flexibility index (Phi) is 4.63. The van der Waals surface area contributed by atoms with Gasteiger partial charge in [0.15, 0.2) is 0 Å². The van der Waals surface area contributed by atoms with E-state index in [9.17, 15) is 4.79 Å². The molecule has 1 rings (SSSR count). The second-order valence-corrected chi connectivity index (χ2v) is 3.23. The number of hydrogen-bond acceptors (Lipinski definition) is 3. The lowest BCUT2D eigenvalue weighted by atomic mass is 10.2. The van der Waals surface area contributed by atoms with Crippen LogP contribution in [0.25, 0.3) is 0 Å². The molecule has 1 amide bonds. The largest absolute Gasteiger partial charge is 0.448 e. The number of ether oxygens (including phenoxy) is 1. The molecule has 0 spiro atoms. The van der Waals surface area contributed by atoms with E-state index in [0.29, 0.717) is 13.2 Å². The number of aryl methyl sites for hydroxylation is 1. The zero-order chi connectivity index (χ0) is 11.1. The van der Waals surface area contributed by atoms with Crippen LogP contribution in [0.5, 0.6) is 0 Å². The second-order valence-electron chi connectivity index (χ2n) is 3.23. The lowest BCUT2D eigenvalue weighted by Gasteiger charge is -2.06. The van der Waals surface area contributed by atoms with Crippen molar-refractivity contribution in [3.8, 4) is 0 Å². The van der Waals surface area contributed by atoms with Crippen LogP contribution in [-0.4, -0.2) is 26.3 Å². The Bertz CT molecular complexity index is 309. The van der Waals surface area contributed by atoms with Crippen LogP contribution in [-0.2, 0) is 4.74 Å². The van der Waals surface area contributed by atoms with Crippen molar-refractivity contribution < 1.29 is 9.53 Å². The zero-order valence-electron chi connectivity index (χ0n) is 9.04. The van der Waals surface area contributed by atoms with Crippen LogP contribution >= 0.6 is 0 Å². The third-order valence-electron chi connectivity index (χ3n) is 1.88. The molecule has 1 aromatic rings. The molecule has 0 fully saturated rings. The van der Waals surface area contributed by atoms with Crippen LogP contribution in [0, 0.1) is 6.92 Å². The van der Waals surface area contributed by atoms with Crippen LogP contribution in [0.2, 0.25) is 0 Å². The van der Waals surface area contributed by atoms with Gasteiger partial charge in [-0.05, 0) is 26.1 Å². The molecule has 0 aliphatic carbocycles. The van der Waals surface area contributed by atoms with Crippen LogP contribution in [0.4, 0.5) is 10.5 Å². The van der Waals surface area contributed by atoms with Gasteiger partial charge in [0, 0.05) is 12.2 Å². The van der Waals surface area contributed by atoms with E-state index in [1.165, 1.54) is 0 Å². The van der Waals surface area contributed by atoms with E-state index >= 15 is 0 Å². The number of amides is 1. The smallest absolute Gasteiger partial charge is 0.411 e. The third kappa shape index (κ3) is 4.46. The minimum atomic E-state index is -0.422. The first-order valence-electron chi connectivity index (χ1n) is 4.87. The fourth-order valence-corrected chi connectivity index (χ4v) is 1.04. The standard InChI is InChI=1S/C11H16N2O2/c1-9-3-5-10(6-4-9)13-11(14)15-8-7-12-2/h3-6,12H,7-8H2,1-2H3,(H,13,14). The highest BCUT2D eigenvalue weighted by Crippen LogP contribution is 2.08. The molecular formula is C11H16N2O2. The number of rotatable bonds is 4. The van der Waals surface area contributed by atoms with Gasteiger partial charge >= 0.3 is 6.09 Å². The first kappa shape index (κ1) is 11.5. The zero-order valence-corrected chi connectivity index (χ0v) is 9.04. The summed E-state index contributed by atoms with van der Waals surface area (Å²) in [6.45, 7) is 3.02. The van der Waals surface area contributed by atoms with Gasteiger partial charge in [0.1, 0.15) is 6.61 Å². The molecule has 1 aromatic carbocycles. The summed E-state index contributed by atoms with van der Waals surface area (Å²) < 4.78 is 4.90. The summed E-state index contributed by atoms with van der Waals surface area (Å²) in [7, 11) is 1.81. The Balaban J connectivity index is 2.34. The predicted octanol–water partition coefficient (Wildman–Crippen LogP) is 1.76. The van der Waals surface area contributed by atoms with Gasteiger partial charge in [0.05, 0.1) is 0 Å². The molecule has 82 valence electrons. The van der Waals surface area contributed by atoms with E-state index in [1.54, 1.807) is 7.05 Å². The highest BCUT2D eigenvalue weighted by Gasteiger charge is 2.01. The first-order valence-corrected chi connectivity index (χ1v) is 4.87. The summed E-state index contributed by atoms with van der Waals surface area (Å²) in [5.41, 5.74) is 1.90. The highest BCUT2D eigenvalue weighted by molar-refractivity contribution is 5.84. The molecule has 0 aliphatic heterocycles. The fraction of sp³-hybridized carbons (Fsp3) is 0.364. The summed E-state index contributed by atoms with van der Waals surface area (Å²) in [4.78, 5) is 11.2. The monoisotopic (exact) mass is 208 g/mol. The molecule has 4 heteroatoms. The molecular weight excluding hydrogens is 192 g/mol. The van der Waals surface area contributed by atoms with Crippen molar-refractivity contribution in [3.05, 3.63) is 29.8 Å². The van der Waals surface area contributed by atoms with Gasteiger partial charge in [-0.15, -0.1) is 0 Å². The minimum absolute atomic E-state index is 0.369. The molecule has 0 heterocycles. The van der Waals surface area contributed by atoms with Crippen LogP contribution < -0.4 is 10.6 Å². The molecule has 0 saturated heterocycles. The van der Waals surface area contributed by atoms with Crippen molar-refractivity contribution in [1.29, 1.82) is 0 Å². The van der Waals surface area contributed by atoms with Crippen molar-refractivity contribution in [3.63, 3.8) is 0 Å². The van der Waals surface area contributed by atoms with Gasteiger partial charge in [0.2, 0.25) is 0 Å². The molecule has 0 aliphatic rings. The van der Waals surface area contributed by atoms with Gasteiger partial charge in [-0.25, -0.2) is 4.79 Å². The third-order valence-corrected chi connectivity index (χ3v) is 1.88. The Morgan fingerprint density at radius 1 is 1.33 bits per heavy atom.